The molecule has 2 atom stereocenters. The fraction of sp³-hybridized carbons (Fsp3) is 0.846. The highest BCUT2D eigenvalue weighted by Gasteiger charge is 2.43. The van der Waals surface area contributed by atoms with E-state index >= 15 is 0 Å². The minimum Gasteiger partial charge on any atom is -0.344 e. The van der Waals surface area contributed by atoms with Crippen molar-refractivity contribution in [3.8, 4) is 0 Å². The second kappa shape index (κ2) is 4.00. The fourth-order valence-electron chi connectivity index (χ4n) is 2.67. The molecule has 2 amide bonds. The third-order valence-corrected chi connectivity index (χ3v) is 4.12. The van der Waals surface area contributed by atoms with Gasteiger partial charge in [0.05, 0.1) is 0 Å². The quantitative estimate of drug-likeness (QED) is 0.792. The lowest BCUT2D eigenvalue weighted by molar-refractivity contribution is -0.135. The van der Waals surface area contributed by atoms with Gasteiger partial charge in [-0.05, 0) is 44.4 Å². The van der Waals surface area contributed by atoms with Crippen molar-refractivity contribution in [3.05, 3.63) is 0 Å². The molecule has 0 radical (unpaired) electrons. The number of nitrogens with one attached hydrogen (secondary N) is 1. The molecule has 0 aromatic carbocycles. The first kappa shape index (κ1) is 11.1. The third kappa shape index (κ3) is 2.31. The summed E-state index contributed by atoms with van der Waals surface area (Å²) < 4.78 is 0. The van der Waals surface area contributed by atoms with E-state index in [1.807, 2.05) is 11.8 Å². The molecule has 3 aliphatic rings. The number of carbonyl (C=O) groups excluding carboxylic acids is 2. The summed E-state index contributed by atoms with van der Waals surface area (Å²) in [4.78, 5) is 26.2. The Morgan fingerprint density at radius 2 is 1.94 bits per heavy atom. The molecule has 94 valence electrons. The lowest BCUT2D eigenvalue weighted by Crippen LogP contribution is -2.48. The normalized spacial score (nSPS) is 34.5. The van der Waals surface area contributed by atoms with Gasteiger partial charge in [0, 0.05) is 19.0 Å². The van der Waals surface area contributed by atoms with Gasteiger partial charge in [-0.15, -0.1) is 0 Å². The Balaban J connectivity index is 1.77. The third-order valence-electron chi connectivity index (χ3n) is 4.12. The highest BCUT2D eigenvalue weighted by atomic mass is 16.2. The Labute approximate surface area is 102 Å². The average Bonchev–Trinajstić information content (AvgIpc) is 3.13. The first-order valence-electron chi connectivity index (χ1n) is 6.75. The van der Waals surface area contributed by atoms with E-state index in [9.17, 15) is 9.59 Å². The topological polar surface area (TPSA) is 49.4 Å². The van der Waals surface area contributed by atoms with Gasteiger partial charge in [0.25, 0.3) is 0 Å². The van der Waals surface area contributed by atoms with Gasteiger partial charge in [-0.3, -0.25) is 9.59 Å². The maximum atomic E-state index is 12.5. The van der Waals surface area contributed by atoms with Crippen molar-refractivity contribution in [2.45, 2.75) is 51.1 Å². The minimum absolute atomic E-state index is 0.0426. The van der Waals surface area contributed by atoms with Crippen LogP contribution >= 0.6 is 0 Å². The smallest absolute Gasteiger partial charge is 0.245 e. The second-order valence-electron chi connectivity index (χ2n) is 5.87. The Hall–Kier alpha value is -1.06. The summed E-state index contributed by atoms with van der Waals surface area (Å²) in [5, 5.41) is 2.91. The Morgan fingerprint density at radius 3 is 2.53 bits per heavy atom. The molecule has 0 aromatic heterocycles. The van der Waals surface area contributed by atoms with E-state index in [4.69, 9.17) is 0 Å². The van der Waals surface area contributed by atoms with Gasteiger partial charge in [-0.2, -0.15) is 0 Å². The van der Waals surface area contributed by atoms with Gasteiger partial charge >= 0.3 is 0 Å². The van der Waals surface area contributed by atoms with E-state index in [0.29, 0.717) is 18.3 Å². The monoisotopic (exact) mass is 236 g/mol. The lowest BCUT2D eigenvalue weighted by atomic mass is 10.1. The standard InChI is InChI=1S/C13H20N2O2/c1-8-6-11(16)14-12(10-4-5-10)13(17)15(8)7-9-2-3-9/h8-10,12H,2-7H2,1H3,(H,14,16). The maximum absolute atomic E-state index is 12.5. The second-order valence-corrected chi connectivity index (χ2v) is 5.87. The molecule has 1 saturated heterocycles. The van der Waals surface area contributed by atoms with Gasteiger partial charge in [-0.1, -0.05) is 0 Å². The summed E-state index contributed by atoms with van der Waals surface area (Å²) in [6.07, 6.45) is 5.12. The molecule has 0 spiro atoms. The van der Waals surface area contributed by atoms with Crippen molar-refractivity contribution in [1.29, 1.82) is 0 Å². The van der Waals surface area contributed by atoms with Crippen LogP contribution in [0.4, 0.5) is 0 Å². The van der Waals surface area contributed by atoms with Crippen LogP contribution in [-0.4, -0.2) is 35.3 Å². The summed E-state index contributed by atoms with van der Waals surface area (Å²) >= 11 is 0. The predicted molar refractivity (Wildman–Crippen MR) is 63.2 cm³/mol. The zero-order valence-electron chi connectivity index (χ0n) is 10.3. The molecule has 1 aliphatic heterocycles. The lowest BCUT2D eigenvalue weighted by Gasteiger charge is -2.28. The molecule has 3 rings (SSSR count). The van der Waals surface area contributed by atoms with Crippen LogP contribution < -0.4 is 5.32 Å². The van der Waals surface area contributed by atoms with Crippen LogP contribution in [0.1, 0.15) is 39.0 Å². The van der Waals surface area contributed by atoms with Crippen molar-refractivity contribution in [3.63, 3.8) is 0 Å². The van der Waals surface area contributed by atoms with Crippen molar-refractivity contribution in [2.75, 3.05) is 6.54 Å². The van der Waals surface area contributed by atoms with Crippen molar-refractivity contribution < 1.29 is 9.59 Å². The van der Waals surface area contributed by atoms with E-state index in [0.717, 1.165) is 19.4 Å². The molecular weight excluding hydrogens is 216 g/mol. The number of amides is 2. The number of hydrogen-bond donors (Lipinski definition) is 1. The summed E-state index contributed by atoms with van der Waals surface area (Å²) in [5.41, 5.74) is 0. The summed E-state index contributed by atoms with van der Waals surface area (Å²) in [6, 6.07) is -0.168. The first-order chi connectivity index (χ1) is 8.15. The molecule has 2 aliphatic carbocycles. The largest absolute Gasteiger partial charge is 0.344 e. The van der Waals surface area contributed by atoms with Crippen molar-refractivity contribution >= 4 is 11.8 Å². The molecule has 1 N–H and O–H groups in total. The predicted octanol–water partition coefficient (Wildman–Crippen LogP) is 0.912. The summed E-state index contributed by atoms with van der Waals surface area (Å²) in [7, 11) is 0. The van der Waals surface area contributed by atoms with E-state index in [2.05, 4.69) is 5.32 Å². The average molecular weight is 236 g/mol. The molecule has 4 heteroatoms. The zero-order chi connectivity index (χ0) is 12.0. The van der Waals surface area contributed by atoms with Crippen LogP contribution in [0.15, 0.2) is 0 Å². The van der Waals surface area contributed by atoms with Gasteiger partial charge < -0.3 is 10.2 Å². The highest BCUT2D eigenvalue weighted by Crippen LogP contribution is 2.36. The molecule has 0 aromatic rings. The first-order valence-corrected chi connectivity index (χ1v) is 6.75. The Morgan fingerprint density at radius 1 is 1.24 bits per heavy atom. The number of carbonyl (C=O) groups is 2. The van der Waals surface area contributed by atoms with Crippen LogP contribution in [0.2, 0.25) is 0 Å². The molecule has 2 saturated carbocycles. The van der Waals surface area contributed by atoms with Crippen LogP contribution in [0.5, 0.6) is 0 Å². The van der Waals surface area contributed by atoms with Gasteiger partial charge in [0.1, 0.15) is 6.04 Å². The van der Waals surface area contributed by atoms with Gasteiger partial charge in [0.2, 0.25) is 11.8 Å². The molecule has 1 heterocycles. The van der Waals surface area contributed by atoms with Crippen LogP contribution in [0, 0.1) is 11.8 Å². The maximum Gasteiger partial charge on any atom is 0.245 e. The SMILES string of the molecule is CC1CC(=O)NC(C2CC2)C(=O)N1CC1CC1. The van der Waals surface area contributed by atoms with Crippen LogP contribution in [-0.2, 0) is 9.59 Å². The molecule has 3 fully saturated rings. The Kier molecular flexibility index (Phi) is 2.60. The van der Waals surface area contributed by atoms with E-state index in [1.54, 1.807) is 0 Å². The van der Waals surface area contributed by atoms with E-state index < -0.39 is 0 Å². The molecule has 2 unspecified atom stereocenters. The van der Waals surface area contributed by atoms with Gasteiger partial charge in [-0.25, -0.2) is 0 Å². The Bertz CT molecular complexity index is 347. The van der Waals surface area contributed by atoms with Crippen LogP contribution in [0.3, 0.4) is 0 Å². The van der Waals surface area contributed by atoms with Gasteiger partial charge in [0.15, 0.2) is 0 Å². The van der Waals surface area contributed by atoms with Crippen molar-refractivity contribution in [2.24, 2.45) is 11.8 Å². The molecular formula is C13H20N2O2. The zero-order valence-corrected chi connectivity index (χ0v) is 10.3. The summed E-state index contributed by atoms with van der Waals surface area (Å²) in [5.74, 6) is 1.30. The molecule has 0 bridgehead atoms. The summed E-state index contributed by atoms with van der Waals surface area (Å²) in [6.45, 7) is 2.85. The minimum atomic E-state index is -0.230. The number of rotatable bonds is 3. The molecule has 17 heavy (non-hydrogen) atoms. The van der Waals surface area contributed by atoms with Crippen LogP contribution in [0.25, 0.3) is 0 Å². The van der Waals surface area contributed by atoms with Crippen molar-refractivity contribution in [1.82, 2.24) is 10.2 Å². The number of hydrogen-bond acceptors (Lipinski definition) is 2. The van der Waals surface area contributed by atoms with E-state index in [-0.39, 0.29) is 23.9 Å². The highest BCUT2D eigenvalue weighted by molar-refractivity contribution is 5.91. The van der Waals surface area contributed by atoms with E-state index in [1.165, 1.54) is 12.8 Å². The fourth-order valence-corrected chi connectivity index (χ4v) is 2.67. The number of nitrogens with zero attached hydrogens (tertiary/aromatic N) is 1. The molecule has 4 nitrogen and oxygen atoms in total.